The standard InChI is InChI=1S/C14H12O5/c15-9-3-1-8(2-4-9)13(18)14(19)11-6-5-10(16)7-12(11)17/h1-7,13,15-18H/t13-/m0/s1. The number of hydrogen-bond acceptors (Lipinski definition) is 5. The number of carbonyl (C=O) groups excluding carboxylic acids is 1. The SMILES string of the molecule is O=C(c1ccc(O)cc1O)[C@@H](O)c1ccc(O)cc1. The van der Waals surface area contributed by atoms with Gasteiger partial charge in [-0.3, -0.25) is 4.79 Å². The van der Waals surface area contributed by atoms with Gasteiger partial charge in [0.05, 0.1) is 5.56 Å². The molecule has 2 aromatic carbocycles. The van der Waals surface area contributed by atoms with Crippen LogP contribution >= 0.6 is 0 Å². The lowest BCUT2D eigenvalue weighted by Gasteiger charge is -2.11. The van der Waals surface area contributed by atoms with Crippen LogP contribution in [0.1, 0.15) is 22.0 Å². The smallest absolute Gasteiger partial charge is 0.199 e. The van der Waals surface area contributed by atoms with E-state index in [4.69, 9.17) is 10.2 Å². The van der Waals surface area contributed by atoms with Gasteiger partial charge < -0.3 is 20.4 Å². The second kappa shape index (κ2) is 4.99. The summed E-state index contributed by atoms with van der Waals surface area (Å²) in [7, 11) is 0. The summed E-state index contributed by atoms with van der Waals surface area (Å²) in [6, 6.07) is 9.03. The summed E-state index contributed by atoms with van der Waals surface area (Å²) in [6.45, 7) is 0. The van der Waals surface area contributed by atoms with Crippen molar-refractivity contribution in [3.8, 4) is 17.2 Å². The third kappa shape index (κ3) is 2.66. The molecule has 0 amide bonds. The first-order valence-corrected chi connectivity index (χ1v) is 5.52. The lowest BCUT2D eigenvalue weighted by atomic mass is 9.99. The number of benzene rings is 2. The van der Waals surface area contributed by atoms with E-state index in [0.717, 1.165) is 6.07 Å². The number of aromatic hydroxyl groups is 3. The normalized spacial score (nSPS) is 12.1. The van der Waals surface area contributed by atoms with Gasteiger partial charge in [0.25, 0.3) is 0 Å². The molecule has 0 radical (unpaired) electrons. The summed E-state index contributed by atoms with van der Waals surface area (Å²) in [5.74, 6) is -1.24. The Labute approximate surface area is 109 Å². The summed E-state index contributed by atoms with van der Waals surface area (Å²) in [4.78, 5) is 12.0. The highest BCUT2D eigenvalue weighted by molar-refractivity contribution is 6.02. The number of Topliss-reactive ketones (excluding diaryl/α,β-unsaturated/α-hetero) is 1. The Bertz CT molecular complexity index is 604. The van der Waals surface area contributed by atoms with E-state index in [1.54, 1.807) is 0 Å². The molecule has 98 valence electrons. The number of phenolic OH excluding ortho intramolecular Hbond substituents is 3. The molecule has 5 heteroatoms. The molecular formula is C14H12O5. The van der Waals surface area contributed by atoms with E-state index < -0.39 is 17.6 Å². The van der Waals surface area contributed by atoms with E-state index in [1.165, 1.54) is 36.4 Å². The summed E-state index contributed by atoms with van der Waals surface area (Å²) < 4.78 is 0. The average Bonchev–Trinajstić information content (AvgIpc) is 2.38. The van der Waals surface area contributed by atoms with E-state index in [-0.39, 0.29) is 17.1 Å². The molecule has 0 aliphatic heterocycles. The maximum Gasteiger partial charge on any atom is 0.199 e. The largest absolute Gasteiger partial charge is 0.508 e. The van der Waals surface area contributed by atoms with E-state index in [2.05, 4.69) is 0 Å². The fraction of sp³-hybridized carbons (Fsp3) is 0.0714. The molecule has 0 bridgehead atoms. The number of carbonyl (C=O) groups is 1. The van der Waals surface area contributed by atoms with E-state index in [9.17, 15) is 15.0 Å². The maximum absolute atomic E-state index is 12.0. The van der Waals surface area contributed by atoms with Crippen molar-refractivity contribution < 1.29 is 25.2 Å². The van der Waals surface area contributed by atoms with Crippen molar-refractivity contribution in [1.29, 1.82) is 0 Å². The highest BCUT2D eigenvalue weighted by atomic mass is 16.3. The molecule has 0 aromatic heterocycles. The number of aliphatic hydroxyl groups is 1. The minimum absolute atomic E-state index is 0.0240. The van der Waals surface area contributed by atoms with Crippen LogP contribution in [-0.2, 0) is 0 Å². The Morgan fingerprint density at radius 2 is 1.47 bits per heavy atom. The van der Waals surface area contributed by atoms with Gasteiger partial charge >= 0.3 is 0 Å². The van der Waals surface area contributed by atoms with Gasteiger partial charge in [0, 0.05) is 6.07 Å². The molecule has 0 heterocycles. The Morgan fingerprint density at radius 3 is 2.05 bits per heavy atom. The Kier molecular flexibility index (Phi) is 3.39. The molecule has 1 atom stereocenters. The fourth-order valence-corrected chi connectivity index (χ4v) is 1.68. The summed E-state index contributed by atoms with van der Waals surface area (Å²) >= 11 is 0. The number of aliphatic hydroxyl groups excluding tert-OH is 1. The van der Waals surface area contributed by atoms with Gasteiger partial charge in [-0.2, -0.15) is 0 Å². The predicted molar refractivity (Wildman–Crippen MR) is 67.2 cm³/mol. The molecule has 0 aliphatic carbocycles. The van der Waals surface area contributed by atoms with Crippen LogP contribution in [0.3, 0.4) is 0 Å². The number of phenols is 3. The summed E-state index contributed by atoms with van der Waals surface area (Å²) in [5, 5.41) is 37.8. The zero-order valence-electron chi connectivity index (χ0n) is 9.82. The highest BCUT2D eigenvalue weighted by Gasteiger charge is 2.22. The number of hydrogen-bond donors (Lipinski definition) is 4. The van der Waals surface area contributed by atoms with Crippen molar-refractivity contribution >= 4 is 5.78 Å². The van der Waals surface area contributed by atoms with Gasteiger partial charge in [-0.05, 0) is 29.8 Å². The van der Waals surface area contributed by atoms with Crippen molar-refractivity contribution in [3.63, 3.8) is 0 Å². The lowest BCUT2D eigenvalue weighted by Crippen LogP contribution is -2.12. The lowest BCUT2D eigenvalue weighted by molar-refractivity contribution is 0.0744. The van der Waals surface area contributed by atoms with E-state index in [0.29, 0.717) is 5.56 Å². The minimum atomic E-state index is -1.45. The molecule has 2 rings (SSSR count). The molecular weight excluding hydrogens is 248 g/mol. The number of ketones is 1. The topological polar surface area (TPSA) is 98.0 Å². The molecule has 0 aliphatic rings. The van der Waals surface area contributed by atoms with Gasteiger partial charge in [-0.1, -0.05) is 12.1 Å². The molecule has 4 N–H and O–H groups in total. The highest BCUT2D eigenvalue weighted by Crippen LogP contribution is 2.28. The van der Waals surface area contributed by atoms with Crippen molar-refractivity contribution in [3.05, 3.63) is 53.6 Å². The van der Waals surface area contributed by atoms with Crippen LogP contribution in [0.2, 0.25) is 0 Å². The first-order valence-electron chi connectivity index (χ1n) is 5.52. The first kappa shape index (κ1) is 12.9. The molecule has 0 saturated heterocycles. The predicted octanol–water partition coefficient (Wildman–Crippen LogP) is 1.72. The van der Waals surface area contributed by atoms with Crippen LogP contribution in [0.25, 0.3) is 0 Å². The molecule has 0 unspecified atom stereocenters. The monoisotopic (exact) mass is 260 g/mol. The molecule has 2 aromatic rings. The van der Waals surface area contributed by atoms with Crippen LogP contribution in [0, 0.1) is 0 Å². The maximum atomic E-state index is 12.0. The van der Waals surface area contributed by atoms with Crippen molar-refractivity contribution in [2.75, 3.05) is 0 Å². The average molecular weight is 260 g/mol. The Hall–Kier alpha value is -2.53. The van der Waals surface area contributed by atoms with Crippen LogP contribution < -0.4 is 0 Å². The van der Waals surface area contributed by atoms with Gasteiger partial charge in [0.1, 0.15) is 23.4 Å². The zero-order valence-corrected chi connectivity index (χ0v) is 9.82. The Morgan fingerprint density at radius 1 is 0.895 bits per heavy atom. The van der Waals surface area contributed by atoms with Gasteiger partial charge in [0.2, 0.25) is 0 Å². The van der Waals surface area contributed by atoms with Crippen LogP contribution in [-0.4, -0.2) is 26.2 Å². The van der Waals surface area contributed by atoms with E-state index in [1.807, 2.05) is 0 Å². The third-order valence-corrected chi connectivity index (χ3v) is 2.70. The van der Waals surface area contributed by atoms with Crippen molar-refractivity contribution in [2.45, 2.75) is 6.10 Å². The molecule has 0 fully saturated rings. The fourth-order valence-electron chi connectivity index (χ4n) is 1.68. The summed E-state index contributed by atoms with van der Waals surface area (Å²) in [6.07, 6.45) is -1.45. The van der Waals surface area contributed by atoms with Gasteiger partial charge in [-0.15, -0.1) is 0 Å². The molecule has 0 spiro atoms. The minimum Gasteiger partial charge on any atom is -0.508 e. The van der Waals surface area contributed by atoms with Crippen LogP contribution in [0.5, 0.6) is 17.2 Å². The van der Waals surface area contributed by atoms with Crippen molar-refractivity contribution in [1.82, 2.24) is 0 Å². The molecule has 5 nitrogen and oxygen atoms in total. The van der Waals surface area contributed by atoms with Crippen LogP contribution in [0.4, 0.5) is 0 Å². The molecule has 0 saturated carbocycles. The summed E-state index contributed by atoms with van der Waals surface area (Å²) in [5.41, 5.74) is 0.216. The second-order valence-corrected chi connectivity index (χ2v) is 4.06. The van der Waals surface area contributed by atoms with E-state index >= 15 is 0 Å². The van der Waals surface area contributed by atoms with Crippen molar-refractivity contribution in [2.24, 2.45) is 0 Å². The van der Waals surface area contributed by atoms with Gasteiger partial charge in [0.15, 0.2) is 5.78 Å². The first-order chi connectivity index (χ1) is 8.99. The van der Waals surface area contributed by atoms with Crippen LogP contribution in [0.15, 0.2) is 42.5 Å². The second-order valence-electron chi connectivity index (χ2n) is 4.06. The quantitative estimate of drug-likeness (QED) is 0.630. The Balaban J connectivity index is 2.30. The molecule has 19 heavy (non-hydrogen) atoms. The number of rotatable bonds is 3. The third-order valence-electron chi connectivity index (χ3n) is 2.70. The van der Waals surface area contributed by atoms with Gasteiger partial charge in [-0.25, -0.2) is 0 Å². The zero-order chi connectivity index (χ0) is 14.0.